The summed E-state index contributed by atoms with van der Waals surface area (Å²) in [6, 6.07) is 3.65. The number of nitrogens with one attached hydrogen (secondary N) is 1. The molecule has 1 fully saturated rings. The molecule has 3 rings (SSSR count). The molecule has 20 heavy (non-hydrogen) atoms. The van der Waals surface area contributed by atoms with Crippen LogP contribution in [0.1, 0.15) is 12.8 Å². The second-order valence-corrected chi connectivity index (χ2v) is 5.96. The van der Waals surface area contributed by atoms with Gasteiger partial charge in [-0.25, -0.2) is 4.98 Å². The smallest absolute Gasteiger partial charge is 0.253 e. The van der Waals surface area contributed by atoms with Crippen LogP contribution >= 0.6 is 22.9 Å². The third-order valence-corrected chi connectivity index (χ3v) is 4.47. The van der Waals surface area contributed by atoms with Crippen LogP contribution in [-0.2, 0) is 9.53 Å². The first-order valence-electron chi connectivity index (χ1n) is 6.37. The van der Waals surface area contributed by atoms with Gasteiger partial charge in [0.1, 0.15) is 11.6 Å². The van der Waals surface area contributed by atoms with E-state index in [0.717, 1.165) is 11.1 Å². The summed E-state index contributed by atoms with van der Waals surface area (Å²) in [5.41, 5.74) is 8.54. The van der Waals surface area contributed by atoms with Gasteiger partial charge in [0.05, 0.1) is 27.0 Å². The summed E-state index contributed by atoms with van der Waals surface area (Å²) in [5.74, 6) is -0.191. The molecule has 1 aromatic heterocycles. The number of anilines is 1. The Hall–Kier alpha value is -1.21. The number of benzene rings is 1. The lowest BCUT2D eigenvalue weighted by Crippen LogP contribution is -2.30. The van der Waals surface area contributed by atoms with Crippen LogP contribution in [0.5, 0.6) is 0 Å². The van der Waals surface area contributed by atoms with Crippen LogP contribution in [0.4, 0.5) is 5.69 Å². The molecule has 0 saturated carbocycles. The first-order valence-corrected chi connectivity index (χ1v) is 7.63. The van der Waals surface area contributed by atoms with Crippen molar-refractivity contribution in [3.63, 3.8) is 0 Å². The lowest BCUT2D eigenvalue weighted by Gasteiger charge is -2.13. The Morgan fingerprint density at radius 2 is 2.40 bits per heavy atom. The zero-order chi connectivity index (χ0) is 14.1. The predicted molar refractivity (Wildman–Crippen MR) is 80.2 cm³/mol. The van der Waals surface area contributed by atoms with Crippen LogP contribution in [0.3, 0.4) is 0 Å². The Bertz CT molecular complexity index is 646. The quantitative estimate of drug-likeness (QED) is 0.912. The average molecular weight is 312 g/mol. The van der Waals surface area contributed by atoms with Gasteiger partial charge in [0, 0.05) is 6.54 Å². The maximum Gasteiger partial charge on any atom is 0.253 e. The van der Waals surface area contributed by atoms with E-state index in [9.17, 15) is 4.79 Å². The van der Waals surface area contributed by atoms with Gasteiger partial charge < -0.3 is 15.8 Å². The van der Waals surface area contributed by atoms with Crippen molar-refractivity contribution in [2.75, 3.05) is 11.9 Å². The molecule has 1 aromatic carbocycles. The molecular weight excluding hydrogens is 298 g/mol. The second kappa shape index (κ2) is 5.65. The molecule has 7 heteroatoms. The molecular formula is C13H14ClN3O2S. The van der Waals surface area contributed by atoms with Crippen LogP contribution in [0.2, 0.25) is 5.02 Å². The molecule has 5 nitrogen and oxygen atoms in total. The summed E-state index contributed by atoms with van der Waals surface area (Å²) in [4.78, 5) is 16.5. The number of rotatable bonds is 3. The number of carbonyl (C=O) groups is 1. The lowest BCUT2D eigenvalue weighted by atomic mass is 10.2. The maximum atomic E-state index is 12.2. The van der Waals surface area contributed by atoms with Crippen LogP contribution < -0.4 is 11.1 Å². The molecule has 2 unspecified atom stereocenters. The van der Waals surface area contributed by atoms with E-state index < -0.39 is 6.10 Å². The van der Waals surface area contributed by atoms with Gasteiger partial charge >= 0.3 is 0 Å². The van der Waals surface area contributed by atoms with Crippen molar-refractivity contribution < 1.29 is 9.53 Å². The molecule has 1 saturated heterocycles. The van der Waals surface area contributed by atoms with E-state index in [-0.39, 0.29) is 12.0 Å². The van der Waals surface area contributed by atoms with Gasteiger partial charge in [-0.1, -0.05) is 11.6 Å². The van der Waals surface area contributed by atoms with Crippen molar-refractivity contribution in [1.82, 2.24) is 4.98 Å². The standard InChI is InChI=1S/C13H14ClN3O2S/c14-8-2-4-10-12(16-6-20-10)11(8)17-13(18)9-3-1-7(5-15)19-9/h2,4,6-7,9H,1,3,5,15H2,(H,17,18). The number of carbonyl (C=O) groups excluding carboxylic acids is 1. The molecule has 0 bridgehead atoms. The zero-order valence-electron chi connectivity index (χ0n) is 10.6. The number of nitrogens with two attached hydrogens (primary N) is 1. The molecule has 3 N–H and O–H groups in total. The van der Waals surface area contributed by atoms with E-state index in [4.69, 9.17) is 22.1 Å². The fraction of sp³-hybridized carbons (Fsp3) is 0.385. The third-order valence-electron chi connectivity index (χ3n) is 3.36. The topological polar surface area (TPSA) is 77.2 Å². The van der Waals surface area contributed by atoms with Gasteiger partial charge in [-0.2, -0.15) is 0 Å². The highest BCUT2D eigenvalue weighted by molar-refractivity contribution is 7.16. The number of ether oxygens (including phenoxy) is 1. The maximum absolute atomic E-state index is 12.2. The van der Waals surface area contributed by atoms with Crippen molar-refractivity contribution in [1.29, 1.82) is 0 Å². The number of amides is 1. The molecule has 0 aliphatic carbocycles. The number of thiazole rings is 1. The summed E-state index contributed by atoms with van der Waals surface area (Å²) >= 11 is 7.66. The predicted octanol–water partition coefficient (Wildman–Crippen LogP) is 2.39. The Labute approximate surface area is 125 Å². The molecule has 2 heterocycles. The Balaban J connectivity index is 1.81. The first-order chi connectivity index (χ1) is 9.69. The average Bonchev–Trinajstić information content (AvgIpc) is 3.09. The van der Waals surface area contributed by atoms with Crippen LogP contribution in [-0.4, -0.2) is 29.6 Å². The van der Waals surface area contributed by atoms with Crippen molar-refractivity contribution in [3.05, 3.63) is 22.7 Å². The molecule has 2 aromatic rings. The van der Waals surface area contributed by atoms with Gasteiger partial charge in [0.2, 0.25) is 0 Å². The summed E-state index contributed by atoms with van der Waals surface area (Å²) < 4.78 is 6.56. The van der Waals surface area contributed by atoms with Crippen LogP contribution in [0.15, 0.2) is 17.6 Å². The molecule has 1 aliphatic heterocycles. The molecule has 0 spiro atoms. The van der Waals surface area contributed by atoms with Crippen molar-refractivity contribution in [3.8, 4) is 0 Å². The fourth-order valence-electron chi connectivity index (χ4n) is 2.30. The van der Waals surface area contributed by atoms with E-state index in [1.54, 1.807) is 11.6 Å². The summed E-state index contributed by atoms with van der Waals surface area (Å²) in [6.45, 7) is 0.437. The summed E-state index contributed by atoms with van der Waals surface area (Å²) in [5, 5.41) is 3.31. The van der Waals surface area contributed by atoms with Crippen LogP contribution in [0.25, 0.3) is 10.2 Å². The molecule has 0 radical (unpaired) electrons. The largest absolute Gasteiger partial charge is 0.364 e. The Morgan fingerprint density at radius 3 is 3.15 bits per heavy atom. The lowest BCUT2D eigenvalue weighted by molar-refractivity contribution is -0.126. The molecule has 1 aliphatic rings. The minimum atomic E-state index is -0.464. The minimum Gasteiger partial charge on any atom is -0.364 e. The highest BCUT2D eigenvalue weighted by atomic mass is 35.5. The number of hydrogen-bond donors (Lipinski definition) is 2. The van der Waals surface area contributed by atoms with Crippen molar-refractivity contribution in [2.45, 2.75) is 25.0 Å². The Kier molecular flexibility index (Phi) is 3.89. The van der Waals surface area contributed by atoms with Crippen LogP contribution in [0, 0.1) is 0 Å². The third kappa shape index (κ3) is 2.52. The van der Waals surface area contributed by atoms with Crippen molar-refractivity contribution in [2.24, 2.45) is 5.73 Å². The van der Waals surface area contributed by atoms with Gasteiger partial charge in [0.15, 0.2) is 0 Å². The Morgan fingerprint density at radius 1 is 1.55 bits per heavy atom. The molecule has 1 amide bonds. The summed E-state index contributed by atoms with van der Waals surface area (Å²) in [6.07, 6.45) is 0.992. The van der Waals surface area contributed by atoms with Gasteiger partial charge in [0.25, 0.3) is 5.91 Å². The van der Waals surface area contributed by atoms with E-state index in [2.05, 4.69) is 10.3 Å². The first kappa shape index (κ1) is 13.8. The van der Waals surface area contributed by atoms with Crippen molar-refractivity contribution >= 4 is 44.7 Å². The van der Waals surface area contributed by atoms with Gasteiger partial charge in [-0.15, -0.1) is 11.3 Å². The van der Waals surface area contributed by atoms with E-state index >= 15 is 0 Å². The fourth-order valence-corrected chi connectivity index (χ4v) is 3.19. The number of halogens is 1. The van der Waals surface area contributed by atoms with E-state index in [1.807, 2.05) is 6.07 Å². The monoisotopic (exact) mass is 311 g/mol. The van der Waals surface area contributed by atoms with E-state index in [0.29, 0.717) is 29.2 Å². The molecule has 106 valence electrons. The highest BCUT2D eigenvalue weighted by Crippen LogP contribution is 2.33. The van der Waals surface area contributed by atoms with Gasteiger partial charge in [-0.05, 0) is 25.0 Å². The zero-order valence-corrected chi connectivity index (χ0v) is 12.2. The number of fused-ring (bicyclic) bond motifs is 1. The normalized spacial score (nSPS) is 22.3. The summed E-state index contributed by atoms with van der Waals surface area (Å²) in [7, 11) is 0. The molecule has 2 atom stereocenters. The minimum absolute atomic E-state index is 0.0312. The number of aromatic nitrogens is 1. The SMILES string of the molecule is NCC1CCC(C(=O)Nc2c(Cl)ccc3scnc23)O1. The number of hydrogen-bond acceptors (Lipinski definition) is 5. The highest BCUT2D eigenvalue weighted by Gasteiger charge is 2.30. The van der Waals surface area contributed by atoms with Gasteiger partial charge in [-0.3, -0.25) is 4.79 Å². The van der Waals surface area contributed by atoms with E-state index in [1.165, 1.54) is 11.3 Å². The number of nitrogens with zero attached hydrogens (tertiary/aromatic N) is 1. The second-order valence-electron chi connectivity index (χ2n) is 4.67.